The lowest BCUT2D eigenvalue weighted by Crippen LogP contribution is -2.47. The zero-order chi connectivity index (χ0) is 19.0. The Balaban J connectivity index is 1.56. The van der Waals surface area contributed by atoms with Gasteiger partial charge in [-0.15, -0.1) is 0 Å². The minimum Gasteiger partial charge on any atom is -0.508 e. The Labute approximate surface area is 156 Å². The van der Waals surface area contributed by atoms with Gasteiger partial charge in [0.25, 0.3) is 5.56 Å². The van der Waals surface area contributed by atoms with Gasteiger partial charge in [-0.2, -0.15) is 0 Å². The van der Waals surface area contributed by atoms with Crippen molar-refractivity contribution in [3.05, 3.63) is 75.7 Å². The van der Waals surface area contributed by atoms with Crippen LogP contribution in [0.15, 0.2) is 53.3 Å². The number of hydrogen-bond donors (Lipinski definition) is 3. The average molecular weight is 363 g/mol. The number of phenolic OH excluding ortho intramolecular Hbond substituents is 1. The van der Waals surface area contributed by atoms with Crippen LogP contribution >= 0.6 is 0 Å². The molecule has 3 aromatic rings. The number of rotatable bonds is 3. The number of phenols is 1. The van der Waals surface area contributed by atoms with Gasteiger partial charge in [0.1, 0.15) is 5.75 Å². The molecule has 0 radical (unpaired) electrons. The van der Waals surface area contributed by atoms with Gasteiger partial charge in [0.15, 0.2) is 0 Å². The summed E-state index contributed by atoms with van der Waals surface area (Å²) < 4.78 is 0. The highest BCUT2D eigenvalue weighted by molar-refractivity contribution is 5.87. The van der Waals surface area contributed by atoms with E-state index in [4.69, 9.17) is 5.73 Å². The van der Waals surface area contributed by atoms with Crippen molar-refractivity contribution >= 4 is 16.7 Å². The number of fused-ring (bicyclic) bond motifs is 3. The van der Waals surface area contributed by atoms with Crippen molar-refractivity contribution in [2.75, 3.05) is 6.54 Å². The molecule has 1 amide bonds. The Bertz CT molecular complexity index is 1060. The van der Waals surface area contributed by atoms with Gasteiger partial charge in [-0.05, 0) is 41.1 Å². The van der Waals surface area contributed by atoms with Gasteiger partial charge >= 0.3 is 0 Å². The highest BCUT2D eigenvalue weighted by Gasteiger charge is 2.27. The third-order valence-electron chi connectivity index (χ3n) is 5.13. The first kappa shape index (κ1) is 17.3. The number of benzene rings is 2. The Morgan fingerprint density at radius 1 is 1.15 bits per heavy atom. The zero-order valence-corrected chi connectivity index (χ0v) is 14.8. The first-order valence-corrected chi connectivity index (χ1v) is 8.98. The van der Waals surface area contributed by atoms with E-state index in [1.54, 1.807) is 35.2 Å². The standard InChI is InChI=1S/C21H21N3O3/c22-18(11-13-5-7-14(25)8-6-13)21(27)24-10-9-19-17(12-24)15-3-1-2-4-16(15)20(26)23-19/h1-8,18,25H,9-12,22H2,(H,23,26)/t18-/m1/s1. The van der Waals surface area contributed by atoms with Crippen LogP contribution in [0.5, 0.6) is 5.75 Å². The van der Waals surface area contributed by atoms with Gasteiger partial charge in [0, 0.05) is 30.6 Å². The van der Waals surface area contributed by atoms with Crippen molar-refractivity contribution in [3.63, 3.8) is 0 Å². The lowest BCUT2D eigenvalue weighted by atomic mass is 9.97. The minimum absolute atomic E-state index is 0.0897. The number of pyridine rings is 1. The van der Waals surface area contributed by atoms with Gasteiger partial charge in [-0.25, -0.2) is 0 Å². The Kier molecular flexibility index (Phi) is 4.41. The number of H-pyrrole nitrogens is 1. The van der Waals surface area contributed by atoms with Crippen LogP contribution < -0.4 is 11.3 Å². The topological polar surface area (TPSA) is 99.4 Å². The number of carbonyl (C=O) groups excluding carboxylic acids is 1. The molecule has 1 aliphatic rings. The molecule has 0 spiro atoms. The zero-order valence-electron chi connectivity index (χ0n) is 14.8. The second-order valence-electron chi connectivity index (χ2n) is 6.94. The predicted octanol–water partition coefficient (Wildman–Crippen LogP) is 1.69. The lowest BCUT2D eigenvalue weighted by molar-refractivity contribution is -0.133. The summed E-state index contributed by atoms with van der Waals surface area (Å²) in [5.41, 5.74) is 8.86. The maximum Gasteiger partial charge on any atom is 0.256 e. The molecule has 2 heterocycles. The van der Waals surface area contributed by atoms with Crippen molar-refractivity contribution in [2.45, 2.75) is 25.4 Å². The van der Waals surface area contributed by atoms with Crippen molar-refractivity contribution in [3.8, 4) is 5.75 Å². The van der Waals surface area contributed by atoms with E-state index in [0.29, 0.717) is 31.3 Å². The molecule has 6 heteroatoms. The molecule has 4 N–H and O–H groups in total. The van der Waals surface area contributed by atoms with Crippen LogP contribution in [0.3, 0.4) is 0 Å². The summed E-state index contributed by atoms with van der Waals surface area (Å²) in [5, 5.41) is 10.9. The Hall–Kier alpha value is -3.12. The number of nitrogens with one attached hydrogen (secondary N) is 1. The van der Waals surface area contributed by atoms with Crippen molar-refractivity contribution in [1.82, 2.24) is 9.88 Å². The molecule has 1 atom stereocenters. The van der Waals surface area contributed by atoms with E-state index in [0.717, 1.165) is 22.2 Å². The molecule has 138 valence electrons. The average Bonchev–Trinajstić information content (AvgIpc) is 2.69. The summed E-state index contributed by atoms with van der Waals surface area (Å²) in [6, 6.07) is 13.5. The highest BCUT2D eigenvalue weighted by Crippen LogP contribution is 2.24. The van der Waals surface area contributed by atoms with Gasteiger partial charge in [0.2, 0.25) is 5.91 Å². The van der Waals surface area contributed by atoms with E-state index < -0.39 is 6.04 Å². The number of hydrogen-bond acceptors (Lipinski definition) is 4. The SMILES string of the molecule is N[C@H](Cc1ccc(O)cc1)C(=O)N1CCc2[nH]c(=O)c3ccccc3c2C1. The molecule has 6 nitrogen and oxygen atoms in total. The third kappa shape index (κ3) is 3.31. The first-order valence-electron chi connectivity index (χ1n) is 8.98. The summed E-state index contributed by atoms with van der Waals surface area (Å²) >= 11 is 0. The van der Waals surface area contributed by atoms with E-state index in [1.165, 1.54) is 0 Å². The molecule has 1 aliphatic heterocycles. The number of aromatic amines is 1. The molecule has 1 aromatic heterocycles. The molecule has 0 fully saturated rings. The van der Waals surface area contributed by atoms with Crippen LogP contribution in [0.4, 0.5) is 0 Å². The van der Waals surface area contributed by atoms with E-state index >= 15 is 0 Å². The second kappa shape index (κ2) is 6.89. The monoisotopic (exact) mass is 363 g/mol. The van der Waals surface area contributed by atoms with Crippen LogP contribution in [-0.2, 0) is 24.2 Å². The summed E-state index contributed by atoms with van der Waals surface area (Å²) in [7, 11) is 0. The molecule has 0 saturated heterocycles. The molecule has 0 saturated carbocycles. The Morgan fingerprint density at radius 3 is 2.59 bits per heavy atom. The lowest BCUT2D eigenvalue weighted by Gasteiger charge is -2.31. The largest absolute Gasteiger partial charge is 0.508 e. The molecular formula is C21H21N3O3. The fraction of sp³-hybridized carbons (Fsp3) is 0.238. The molecule has 2 aromatic carbocycles. The number of aromatic nitrogens is 1. The fourth-order valence-electron chi connectivity index (χ4n) is 3.69. The maximum absolute atomic E-state index is 12.9. The predicted molar refractivity (Wildman–Crippen MR) is 103 cm³/mol. The smallest absolute Gasteiger partial charge is 0.256 e. The summed E-state index contributed by atoms with van der Waals surface area (Å²) in [5.74, 6) is 0.0798. The fourth-order valence-corrected chi connectivity index (χ4v) is 3.69. The van der Waals surface area contributed by atoms with E-state index in [2.05, 4.69) is 4.98 Å². The van der Waals surface area contributed by atoms with Crippen LogP contribution in [0, 0.1) is 0 Å². The second-order valence-corrected chi connectivity index (χ2v) is 6.94. The normalized spacial score (nSPS) is 14.8. The Morgan fingerprint density at radius 2 is 1.85 bits per heavy atom. The minimum atomic E-state index is -0.648. The van der Waals surface area contributed by atoms with Crippen LogP contribution in [0.1, 0.15) is 16.8 Å². The van der Waals surface area contributed by atoms with Crippen LogP contribution in [-0.4, -0.2) is 33.5 Å². The number of nitrogens with zero attached hydrogens (tertiary/aromatic N) is 1. The number of aromatic hydroxyl groups is 1. The number of nitrogens with two attached hydrogens (primary N) is 1. The molecule has 0 aliphatic carbocycles. The van der Waals surface area contributed by atoms with Crippen molar-refractivity contribution in [1.29, 1.82) is 0 Å². The number of amides is 1. The highest BCUT2D eigenvalue weighted by atomic mass is 16.3. The van der Waals surface area contributed by atoms with Crippen molar-refractivity contribution in [2.24, 2.45) is 5.73 Å². The molecule has 4 rings (SSSR count). The summed E-state index contributed by atoms with van der Waals surface area (Å²) in [6.45, 7) is 0.970. The van der Waals surface area contributed by atoms with Gasteiger partial charge < -0.3 is 20.7 Å². The molecule has 0 unspecified atom stereocenters. The van der Waals surface area contributed by atoms with Gasteiger partial charge in [-0.1, -0.05) is 30.3 Å². The maximum atomic E-state index is 12.9. The van der Waals surface area contributed by atoms with Gasteiger partial charge in [-0.3, -0.25) is 9.59 Å². The van der Waals surface area contributed by atoms with E-state index in [-0.39, 0.29) is 17.2 Å². The third-order valence-corrected chi connectivity index (χ3v) is 5.13. The van der Waals surface area contributed by atoms with Crippen LogP contribution in [0.2, 0.25) is 0 Å². The first-order chi connectivity index (χ1) is 13.0. The molecule has 0 bridgehead atoms. The molecular weight excluding hydrogens is 342 g/mol. The molecule has 27 heavy (non-hydrogen) atoms. The summed E-state index contributed by atoms with van der Waals surface area (Å²) in [4.78, 5) is 29.8. The quantitative estimate of drug-likeness (QED) is 0.659. The van der Waals surface area contributed by atoms with Crippen LogP contribution in [0.25, 0.3) is 10.8 Å². The van der Waals surface area contributed by atoms with E-state index in [1.807, 2.05) is 18.2 Å². The van der Waals surface area contributed by atoms with Gasteiger partial charge in [0.05, 0.1) is 6.04 Å². The summed E-state index contributed by atoms with van der Waals surface area (Å²) in [6.07, 6.45) is 1.02. The number of carbonyl (C=O) groups is 1. The van der Waals surface area contributed by atoms with E-state index in [9.17, 15) is 14.7 Å². The van der Waals surface area contributed by atoms with Crippen molar-refractivity contribution < 1.29 is 9.90 Å².